The van der Waals surface area contributed by atoms with Crippen LogP contribution in [-0.4, -0.2) is 24.0 Å². The van der Waals surface area contributed by atoms with E-state index in [1.165, 1.54) is 0 Å². The lowest BCUT2D eigenvalue weighted by Gasteiger charge is -2.04. The Labute approximate surface area is 83.7 Å². The van der Waals surface area contributed by atoms with Crippen LogP contribution >= 0.6 is 0 Å². The number of likely N-dealkylation sites (N-methyl/N-ethyl adjacent to an activating group) is 1. The molecule has 0 bridgehead atoms. The molecule has 76 valence electrons. The monoisotopic (exact) mass is 193 g/mol. The highest BCUT2D eigenvalue weighted by Gasteiger charge is 2.01. The van der Waals surface area contributed by atoms with Crippen molar-refractivity contribution in [1.29, 1.82) is 0 Å². The van der Waals surface area contributed by atoms with E-state index >= 15 is 0 Å². The SMILES string of the molecule is CCNCC(=O)Nc1cccc(C)n1. The summed E-state index contributed by atoms with van der Waals surface area (Å²) in [5, 5.41) is 5.65. The average Bonchev–Trinajstić information content (AvgIpc) is 2.15. The second-order valence-electron chi connectivity index (χ2n) is 2.99. The van der Waals surface area contributed by atoms with Crippen molar-refractivity contribution in [2.45, 2.75) is 13.8 Å². The molecule has 0 aliphatic rings. The molecule has 1 amide bonds. The van der Waals surface area contributed by atoms with Crippen LogP contribution in [0.4, 0.5) is 5.82 Å². The molecule has 4 heteroatoms. The number of rotatable bonds is 4. The summed E-state index contributed by atoms with van der Waals surface area (Å²) in [5.74, 6) is 0.540. The molecule has 0 radical (unpaired) electrons. The highest BCUT2D eigenvalue weighted by molar-refractivity contribution is 5.91. The number of anilines is 1. The van der Waals surface area contributed by atoms with Crippen LogP contribution < -0.4 is 10.6 Å². The Kier molecular flexibility index (Phi) is 4.07. The fourth-order valence-corrected chi connectivity index (χ4v) is 1.04. The first-order chi connectivity index (χ1) is 6.72. The van der Waals surface area contributed by atoms with E-state index in [0.717, 1.165) is 12.2 Å². The Morgan fingerprint density at radius 2 is 2.29 bits per heavy atom. The van der Waals surface area contributed by atoms with Gasteiger partial charge in [-0.05, 0) is 25.6 Å². The molecule has 0 atom stereocenters. The number of carbonyl (C=O) groups excluding carboxylic acids is 1. The number of nitrogens with zero attached hydrogens (tertiary/aromatic N) is 1. The molecule has 14 heavy (non-hydrogen) atoms. The molecule has 0 saturated heterocycles. The zero-order valence-electron chi connectivity index (χ0n) is 8.50. The van der Waals surface area contributed by atoms with Crippen LogP contribution in [0.3, 0.4) is 0 Å². The summed E-state index contributed by atoms with van der Waals surface area (Å²) in [5.41, 5.74) is 0.895. The number of aromatic nitrogens is 1. The Bertz CT molecular complexity index is 312. The van der Waals surface area contributed by atoms with Crippen LogP contribution in [0.25, 0.3) is 0 Å². The molecule has 1 heterocycles. The zero-order chi connectivity index (χ0) is 10.4. The van der Waals surface area contributed by atoms with Gasteiger partial charge in [0.1, 0.15) is 5.82 Å². The molecule has 1 aromatic rings. The first-order valence-electron chi connectivity index (χ1n) is 4.66. The third kappa shape index (κ3) is 3.53. The summed E-state index contributed by atoms with van der Waals surface area (Å²) in [6.07, 6.45) is 0. The molecule has 1 aromatic heterocycles. The van der Waals surface area contributed by atoms with Crippen LogP contribution in [0.5, 0.6) is 0 Å². The summed E-state index contributed by atoms with van der Waals surface area (Å²) < 4.78 is 0. The van der Waals surface area contributed by atoms with Gasteiger partial charge in [-0.3, -0.25) is 4.79 Å². The Hall–Kier alpha value is -1.42. The van der Waals surface area contributed by atoms with Crippen molar-refractivity contribution in [1.82, 2.24) is 10.3 Å². The molecule has 2 N–H and O–H groups in total. The van der Waals surface area contributed by atoms with Gasteiger partial charge < -0.3 is 10.6 Å². The molecule has 0 aromatic carbocycles. The van der Waals surface area contributed by atoms with Crippen molar-refractivity contribution in [3.63, 3.8) is 0 Å². The number of carbonyl (C=O) groups is 1. The van der Waals surface area contributed by atoms with Crippen LogP contribution in [0.2, 0.25) is 0 Å². The van der Waals surface area contributed by atoms with Crippen LogP contribution in [0.1, 0.15) is 12.6 Å². The van der Waals surface area contributed by atoms with Gasteiger partial charge in [-0.25, -0.2) is 4.98 Å². The second-order valence-corrected chi connectivity index (χ2v) is 2.99. The largest absolute Gasteiger partial charge is 0.310 e. The second kappa shape index (κ2) is 5.34. The van der Waals surface area contributed by atoms with Crippen LogP contribution in [0, 0.1) is 6.92 Å². The van der Waals surface area contributed by atoms with Crippen LogP contribution in [-0.2, 0) is 4.79 Å². The normalized spacial score (nSPS) is 9.86. The highest BCUT2D eigenvalue weighted by atomic mass is 16.1. The fraction of sp³-hybridized carbons (Fsp3) is 0.400. The number of nitrogens with one attached hydrogen (secondary N) is 2. The lowest BCUT2D eigenvalue weighted by molar-refractivity contribution is -0.115. The third-order valence-electron chi connectivity index (χ3n) is 1.69. The van der Waals surface area contributed by atoms with Gasteiger partial charge in [0.05, 0.1) is 6.54 Å². The maximum Gasteiger partial charge on any atom is 0.239 e. The summed E-state index contributed by atoms with van der Waals surface area (Å²) >= 11 is 0. The van der Waals surface area contributed by atoms with Crippen molar-refractivity contribution < 1.29 is 4.79 Å². The molecule has 0 saturated carbocycles. The molecule has 1 rings (SSSR count). The quantitative estimate of drug-likeness (QED) is 0.748. The van der Waals surface area contributed by atoms with Crippen molar-refractivity contribution in [3.8, 4) is 0 Å². The van der Waals surface area contributed by atoms with Gasteiger partial charge in [-0.1, -0.05) is 13.0 Å². The van der Waals surface area contributed by atoms with Crippen molar-refractivity contribution in [2.24, 2.45) is 0 Å². The Balaban J connectivity index is 2.47. The summed E-state index contributed by atoms with van der Waals surface area (Å²) in [6, 6.07) is 5.53. The summed E-state index contributed by atoms with van der Waals surface area (Å²) in [6.45, 7) is 4.96. The van der Waals surface area contributed by atoms with E-state index in [0.29, 0.717) is 12.4 Å². The summed E-state index contributed by atoms with van der Waals surface area (Å²) in [4.78, 5) is 15.4. The zero-order valence-corrected chi connectivity index (χ0v) is 8.50. The van der Waals surface area contributed by atoms with Crippen LogP contribution in [0.15, 0.2) is 18.2 Å². The van der Waals surface area contributed by atoms with E-state index in [2.05, 4.69) is 15.6 Å². The average molecular weight is 193 g/mol. The van der Waals surface area contributed by atoms with Gasteiger partial charge in [0.2, 0.25) is 5.91 Å². The Morgan fingerprint density at radius 1 is 1.50 bits per heavy atom. The van der Waals surface area contributed by atoms with Crippen molar-refractivity contribution >= 4 is 11.7 Å². The smallest absolute Gasteiger partial charge is 0.239 e. The first-order valence-corrected chi connectivity index (χ1v) is 4.66. The van der Waals surface area contributed by atoms with E-state index in [1.54, 1.807) is 6.07 Å². The molecule has 0 unspecified atom stereocenters. The third-order valence-corrected chi connectivity index (χ3v) is 1.69. The molecule has 0 aliphatic carbocycles. The molecule has 0 fully saturated rings. The predicted molar refractivity (Wildman–Crippen MR) is 56.1 cm³/mol. The van der Waals surface area contributed by atoms with Gasteiger partial charge in [0, 0.05) is 5.69 Å². The highest BCUT2D eigenvalue weighted by Crippen LogP contribution is 2.02. The standard InChI is InChI=1S/C10H15N3O/c1-3-11-7-10(14)13-9-6-4-5-8(2)12-9/h4-6,11H,3,7H2,1-2H3,(H,12,13,14). The van der Waals surface area contributed by atoms with E-state index in [-0.39, 0.29) is 5.91 Å². The van der Waals surface area contributed by atoms with Gasteiger partial charge >= 0.3 is 0 Å². The topological polar surface area (TPSA) is 54.0 Å². The summed E-state index contributed by atoms with van der Waals surface area (Å²) in [7, 11) is 0. The van der Waals surface area contributed by atoms with E-state index < -0.39 is 0 Å². The molecule has 0 aliphatic heterocycles. The van der Waals surface area contributed by atoms with E-state index in [4.69, 9.17) is 0 Å². The lowest BCUT2D eigenvalue weighted by atomic mass is 10.4. The molecule has 0 spiro atoms. The molecule has 4 nitrogen and oxygen atoms in total. The van der Waals surface area contributed by atoms with E-state index in [1.807, 2.05) is 26.0 Å². The number of hydrogen-bond donors (Lipinski definition) is 2. The number of pyridine rings is 1. The van der Waals surface area contributed by atoms with Gasteiger partial charge in [-0.2, -0.15) is 0 Å². The first kappa shape index (κ1) is 10.7. The van der Waals surface area contributed by atoms with Crippen molar-refractivity contribution in [2.75, 3.05) is 18.4 Å². The Morgan fingerprint density at radius 3 is 2.93 bits per heavy atom. The molecular weight excluding hydrogens is 178 g/mol. The number of hydrogen-bond acceptors (Lipinski definition) is 3. The lowest BCUT2D eigenvalue weighted by Crippen LogP contribution is -2.28. The minimum absolute atomic E-state index is 0.0649. The van der Waals surface area contributed by atoms with Crippen molar-refractivity contribution in [3.05, 3.63) is 23.9 Å². The number of amides is 1. The van der Waals surface area contributed by atoms with E-state index in [9.17, 15) is 4.79 Å². The van der Waals surface area contributed by atoms with Gasteiger partial charge in [0.15, 0.2) is 0 Å². The fourth-order valence-electron chi connectivity index (χ4n) is 1.04. The number of aryl methyl sites for hydroxylation is 1. The maximum absolute atomic E-state index is 11.3. The minimum Gasteiger partial charge on any atom is -0.310 e. The predicted octanol–water partition coefficient (Wildman–Crippen LogP) is 0.938. The van der Waals surface area contributed by atoms with Gasteiger partial charge in [0.25, 0.3) is 0 Å². The maximum atomic E-state index is 11.3. The molecular formula is C10H15N3O. The van der Waals surface area contributed by atoms with Gasteiger partial charge in [-0.15, -0.1) is 0 Å². The minimum atomic E-state index is -0.0649.